The number of ether oxygens (including phenoxy) is 2. The van der Waals surface area contributed by atoms with Crippen LogP contribution in [-0.4, -0.2) is 93.1 Å². The summed E-state index contributed by atoms with van der Waals surface area (Å²) in [6.45, 7) is 23.5. The maximum absolute atomic E-state index is 14.0. The van der Waals surface area contributed by atoms with Gasteiger partial charge in [0.1, 0.15) is 23.7 Å². The van der Waals surface area contributed by atoms with E-state index in [1.807, 2.05) is 27.7 Å². The van der Waals surface area contributed by atoms with Crippen LogP contribution in [0.4, 0.5) is 15.3 Å². The van der Waals surface area contributed by atoms with Crippen LogP contribution in [0.2, 0.25) is 0 Å². The van der Waals surface area contributed by atoms with Gasteiger partial charge in [0.15, 0.2) is 0 Å². The van der Waals surface area contributed by atoms with E-state index in [1.54, 1.807) is 9.80 Å². The van der Waals surface area contributed by atoms with Gasteiger partial charge in [-0.05, 0) is 96.0 Å². The molecule has 5 heterocycles. The Labute approximate surface area is 392 Å². The van der Waals surface area contributed by atoms with E-state index in [0.29, 0.717) is 37.6 Å². The standard InChI is InChI=1S/C52H65N9O6/c1-28(2)44(57-50(64)66-10)48(62)59-26-30(5)22-42(59)46-53-36-18-12-32(24-38(36)55-46)40-20-21-41(61(40)35-16-14-34(15-17-35)52(7,8)9)33-13-19-37-39(25-33)56-47(54-37)43-23-31(6)27-60(43)49(63)45(29(3)4)58-51(65)67-11/h12-19,24-25,28-29,40-45H,5-6,20-23,26-27H2,1-4,7-11H3,(H,53,55)(H,54,56)(H,57,64)(H,58,65)/t40-,41-,42+,43+,44+,45+/m1/s1. The fourth-order valence-electron chi connectivity index (χ4n) is 10.1. The van der Waals surface area contributed by atoms with Gasteiger partial charge in [0.25, 0.3) is 0 Å². The van der Waals surface area contributed by atoms with Gasteiger partial charge in [-0.25, -0.2) is 19.6 Å². The lowest BCUT2D eigenvalue weighted by atomic mass is 9.87. The highest BCUT2D eigenvalue weighted by Gasteiger charge is 2.42. The molecule has 2 aromatic heterocycles. The molecular formula is C52H65N9O6. The summed E-state index contributed by atoms with van der Waals surface area (Å²) in [6.07, 6.45) is 1.62. The van der Waals surface area contributed by atoms with Gasteiger partial charge in [-0.15, -0.1) is 0 Å². The molecule has 3 aliphatic rings. The number of H-pyrrole nitrogens is 2. The van der Waals surface area contributed by atoms with Crippen LogP contribution in [0.1, 0.15) is 127 Å². The molecule has 4 N–H and O–H groups in total. The Bertz CT molecular complexity index is 2560. The lowest BCUT2D eigenvalue weighted by Crippen LogP contribution is -2.51. The number of benzene rings is 3. The quantitative estimate of drug-likeness (QED) is 0.0941. The van der Waals surface area contributed by atoms with Crippen LogP contribution in [0, 0.1) is 11.8 Å². The van der Waals surface area contributed by atoms with Crippen molar-refractivity contribution in [1.29, 1.82) is 0 Å². The number of hydrogen-bond acceptors (Lipinski definition) is 9. The molecule has 0 unspecified atom stereocenters. The van der Waals surface area contributed by atoms with Gasteiger partial charge < -0.3 is 44.8 Å². The first kappa shape index (κ1) is 46.9. The van der Waals surface area contributed by atoms with Crippen molar-refractivity contribution in [3.63, 3.8) is 0 Å². The van der Waals surface area contributed by atoms with E-state index in [-0.39, 0.29) is 53.2 Å². The number of nitrogens with one attached hydrogen (secondary N) is 4. The molecule has 0 saturated carbocycles. The second-order valence-electron chi connectivity index (χ2n) is 20.2. The second-order valence-corrected chi connectivity index (χ2v) is 20.2. The Kier molecular flexibility index (Phi) is 13.0. The van der Waals surface area contributed by atoms with Gasteiger partial charge in [-0.3, -0.25) is 9.59 Å². The molecule has 6 atom stereocenters. The fraction of sp³-hybridized carbons (Fsp3) is 0.462. The third-order valence-electron chi connectivity index (χ3n) is 13.7. The van der Waals surface area contributed by atoms with Crippen molar-refractivity contribution in [3.8, 4) is 0 Å². The van der Waals surface area contributed by atoms with E-state index < -0.39 is 24.3 Å². The molecule has 3 aliphatic heterocycles. The van der Waals surface area contributed by atoms with Crippen LogP contribution in [0.25, 0.3) is 22.1 Å². The molecule has 4 amide bonds. The minimum Gasteiger partial charge on any atom is -0.453 e. The molecule has 15 heteroatoms. The summed E-state index contributed by atoms with van der Waals surface area (Å²) < 4.78 is 9.67. The average molecular weight is 912 g/mol. The first-order valence-corrected chi connectivity index (χ1v) is 23.4. The summed E-state index contributed by atoms with van der Waals surface area (Å²) in [7, 11) is 2.58. The molecule has 0 aliphatic carbocycles. The first-order chi connectivity index (χ1) is 31.8. The largest absolute Gasteiger partial charge is 0.453 e. The average Bonchev–Trinajstić information content (AvgIpc) is 4.15. The summed E-state index contributed by atoms with van der Waals surface area (Å²) in [6, 6.07) is 19.6. The van der Waals surface area contributed by atoms with Gasteiger partial charge in [0, 0.05) is 18.8 Å². The maximum atomic E-state index is 14.0. The SMILES string of the molecule is C=C1C[C@@H](c2nc3ccc([C@H]4CC[C@H](c5ccc6nc([C@@H]7CC(=C)CN7C(=O)[C@@H](NC(=O)OC)C(C)C)[nH]c6c5)N4c4ccc(C(C)(C)C)cc4)cc3[nH]2)N(C(=O)[C@@H](NC(=O)OC)C(C)C)C1. The number of hydrogen-bond donors (Lipinski definition) is 4. The fourth-order valence-corrected chi connectivity index (χ4v) is 10.1. The summed E-state index contributed by atoms with van der Waals surface area (Å²) in [5.41, 5.74) is 9.87. The van der Waals surface area contributed by atoms with Gasteiger partial charge in [-0.1, -0.05) is 97.0 Å². The Morgan fingerprint density at radius 1 is 0.657 bits per heavy atom. The number of imidazole rings is 2. The van der Waals surface area contributed by atoms with Crippen LogP contribution in [-0.2, 0) is 24.5 Å². The molecule has 0 spiro atoms. The molecule has 15 nitrogen and oxygen atoms in total. The van der Waals surface area contributed by atoms with E-state index in [0.717, 1.165) is 62.9 Å². The smallest absolute Gasteiger partial charge is 0.407 e. The summed E-state index contributed by atoms with van der Waals surface area (Å²) >= 11 is 0. The zero-order valence-corrected chi connectivity index (χ0v) is 40.2. The molecule has 354 valence electrons. The molecule has 0 bridgehead atoms. The van der Waals surface area contributed by atoms with E-state index in [2.05, 4.69) is 120 Å². The number of methoxy groups -OCH3 is 2. The number of anilines is 1. The number of nitrogens with zero attached hydrogens (tertiary/aromatic N) is 5. The Morgan fingerprint density at radius 2 is 1.07 bits per heavy atom. The van der Waals surface area contributed by atoms with Crippen molar-refractivity contribution in [1.82, 2.24) is 40.4 Å². The van der Waals surface area contributed by atoms with Crippen LogP contribution in [0.5, 0.6) is 0 Å². The molecule has 5 aromatic rings. The molecule has 3 saturated heterocycles. The van der Waals surface area contributed by atoms with Gasteiger partial charge in [0.2, 0.25) is 11.8 Å². The Hall–Kier alpha value is -6.64. The van der Waals surface area contributed by atoms with Crippen LogP contribution in [0.15, 0.2) is 85.0 Å². The van der Waals surface area contributed by atoms with Crippen molar-refractivity contribution < 1.29 is 28.7 Å². The highest BCUT2D eigenvalue weighted by atomic mass is 16.5. The van der Waals surface area contributed by atoms with Gasteiger partial charge in [0.05, 0.1) is 60.5 Å². The number of rotatable bonds is 11. The lowest BCUT2D eigenvalue weighted by molar-refractivity contribution is -0.136. The predicted octanol–water partition coefficient (Wildman–Crippen LogP) is 9.24. The summed E-state index contributed by atoms with van der Waals surface area (Å²) in [5, 5.41) is 5.45. The number of likely N-dealkylation sites (tertiary alicyclic amines) is 2. The number of carbonyl (C=O) groups excluding carboxylic acids is 4. The van der Waals surface area contributed by atoms with Crippen LogP contribution in [0.3, 0.4) is 0 Å². The molecule has 67 heavy (non-hydrogen) atoms. The molecule has 8 rings (SSSR count). The summed E-state index contributed by atoms with van der Waals surface area (Å²) in [5.74, 6) is 0.626. The number of aromatic nitrogens is 4. The number of aromatic amines is 2. The van der Waals surface area contributed by atoms with Crippen molar-refractivity contribution in [2.45, 2.75) is 116 Å². The summed E-state index contributed by atoms with van der Waals surface area (Å²) in [4.78, 5) is 75.7. The highest BCUT2D eigenvalue weighted by Crippen LogP contribution is 2.48. The molecule has 3 aromatic carbocycles. The van der Waals surface area contributed by atoms with Crippen LogP contribution < -0.4 is 15.5 Å². The normalized spacial score (nSPS) is 20.9. The van der Waals surface area contributed by atoms with E-state index in [4.69, 9.17) is 19.4 Å². The highest BCUT2D eigenvalue weighted by molar-refractivity contribution is 5.88. The molecule has 0 radical (unpaired) electrons. The van der Waals surface area contributed by atoms with E-state index >= 15 is 0 Å². The molecular weight excluding hydrogens is 847 g/mol. The Balaban J connectivity index is 1.10. The van der Waals surface area contributed by atoms with Crippen molar-refractivity contribution in [3.05, 3.63) is 113 Å². The number of carbonyl (C=O) groups is 4. The molecule has 3 fully saturated rings. The first-order valence-electron chi connectivity index (χ1n) is 23.4. The van der Waals surface area contributed by atoms with Crippen molar-refractivity contribution in [2.24, 2.45) is 11.8 Å². The number of fused-ring (bicyclic) bond motifs is 2. The van der Waals surface area contributed by atoms with Crippen molar-refractivity contribution in [2.75, 3.05) is 32.2 Å². The minimum atomic E-state index is -0.763. The lowest BCUT2D eigenvalue weighted by Gasteiger charge is -2.34. The zero-order valence-electron chi connectivity index (χ0n) is 40.2. The minimum absolute atomic E-state index is 0.00602. The third-order valence-corrected chi connectivity index (χ3v) is 13.7. The zero-order chi connectivity index (χ0) is 48.1. The monoisotopic (exact) mass is 912 g/mol. The van der Waals surface area contributed by atoms with Gasteiger partial charge >= 0.3 is 12.2 Å². The number of alkyl carbamates (subject to hydrolysis) is 2. The van der Waals surface area contributed by atoms with Crippen molar-refractivity contribution >= 4 is 51.8 Å². The topological polar surface area (TPSA) is 178 Å². The predicted molar refractivity (Wildman–Crippen MR) is 259 cm³/mol. The Morgan fingerprint density at radius 3 is 1.45 bits per heavy atom. The van der Waals surface area contributed by atoms with E-state index in [1.165, 1.54) is 19.8 Å². The third kappa shape index (κ3) is 9.37. The van der Waals surface area contributed by atoms with E-state index in [9.17, 15) is 19.2 Å². The van der Waals surface area contributed by atoms with Gasteiger partial charge in [-0.2, -0.15) is 0 Å². The van der Waals surface area contributed by atoms with Crippen LogP contribution >= 0.6 is 0 Å². The second kappa shape index (κ2) is 18.6. The number of amides is 4. The maximum Gasteiger partial charge on any atom is 0.407 e.